The molecule has 3 heteroatoms. The Balaban J connectivity index is 1.61. The zero-order valence-corrected chi connectivity index (χ0v) is 12.3. The molecule has 1 aromatic heterocycles. The lowest BCUT2D eigenvalue weighted by Gasteiger charge is -2.28. The number of fused-ring (bicyclic) bond motifs is 2. The number of hydrogen-bond donors (Lipinski definition) is 2. The summed E-state index contributed by atoms with van der Waals surface area (Å²) < 4.78 is 5.62. The van der Waals surface area contributed by atoms with Crippen LogP contribution in [-0.4, -0.2) is 6.54 Å². The van der Waals surface area contributed by atoms with E-state index >= 15 is 0 Å². The van der Waals surface area contributed by atoms with E-state index in [1.165, 1.54) is 35.3 Å². The summed E-state index contributed by atoms with van der Waals surface area (Å²) in [6, 6.07) is 11.8. The van der Waals surface area contributed by atoms with Gasteiger partial charge in [-0.25, -0.2) is 0 Å². The van der Waals surface area contributed by atoms with Crippen LogP contribution >= 0.6 is 0 Å². The van der Waals surface area contributed by atoms with Gasteiger partial charge in [0.25, 0.3) is 0 Å². The summed E-state index contributed by atoms with van der Waals surface area (Å²) in [7, 11) is 0. The number of aryl methyl sites for hydroxylation is 1. The van der Waals surface area contributed by atoms with Crippen LogP contribution in [0.3, 0.4) is 0 Å². The third-order valence-corrected chi connectivity index (χ3v) is 4.81. The maximum absolute atomic E-state index is 5.62. The van der Waals surface area contributed by atoms with Crippen molar-refractivity contribution in [2.45, 2.75) is 44.3 Å². The lowest BCUT2D eigenvalue weighted by molar-refractivity contribution is 0.366. The predicted octanol–water partition coefficient (Wildman–Crippen LogP) is 3.48. The van der Waals surface area contributed by atoms with Crippen molar-refractivity contribution in [2.24, 2.45) is 0 Å². The molecule has 4 rings (SSSR count). The SMILES string of the molecule is c1ccc2c(c1)CNCCC2NC1CCCc2occc21. The van der Waals surface area contributed by atoms with Gasteiger partial charge in [-0.2, -0.15) is 0 Å². The van der Waals surface area contributed by atoms with Crippen molar-refractivity contribution < 1.29 is 4.42 Å². The summed E-state index contributed by atoms with van der Waals surface area (Å²) >= 11 is 0. The molecule has 0 fully saturated rings. The number of benzene rings is 1. The second-order valence-electron chi connectivity index (χ2n) is 6.13. The fourth-order valence-corrected chi connectivity index (χ4v) is 3.74. The zero-order valence-electron chi connectivity index (χ0n) is 12.3. The van der Waals surface area contributed by atoms with Crippen molar-refractivity contribution in [3.8, 4) is 0 Å². The van der Waals surface area contributed by atoms with E-state index in [1.807, 2.05) is 6.26 Å². The summed E-state index contributed by atoms with van der Waals surface area (Å²) in [4.78, 5) is 0. The Bertz CT molecular complexity index is 619. The average molecular weight is 282 g/mol. The van der Waals surface area contributed by atoms with Gasteiger partial charge in [0.05, 0.1) is 6.26 Å². The number of hydrogen-bond acceptors (Lipinski definition) is 3. The van der Waals surface area contributed by atoms with Gasteiger partial charge in [-0.05, 0) is 43.0 Å². The zero-order chi connectivity index (χ0) is 14.1. The van der Waals surface area contributed by atoms with Crippen LogP contribution in [0.1, 0.15) is 53.8 Å². The molecule has 0 amide bonds. The fraction of sp³-hybridized carbons (Fsp3) is 0.444. The first-order valence-corrected chi connectivity index (χ1v) is 8.02. The van der Waals surface area contributed by atoms with Gasteiger partial charge in [0.1, 0.15) is 5.76 Å². The van der Waals surface area contributed by atoms with Crippen LogP contribution in [-0.2, 0) is 13.0 Å². The molecule has 1 aromatic carbocycles. The molecule has 2 atom stereocenters. The van der Waals surface area contributed by atoms with E-state index in [0.29, 0.717) is 12.1 Å². The predicted molar refractivity (Wildman–Crippen MR) is 83.0 cm³/mol. The van der Waals surface area contributed by atoms with E-state index in [2.05, 4.69) is 41.0 Å². The van der Waals surface area contributed by atoms with Crippen LogP contribution < -0.4 is 10.6 Å². The van der Waals surface area contributed by atoms with Crippen LogP contribution in [0.4, 0.5) is 0 Å². The topological polar surface area (TPSA) is 37.2 Å². The minimum Gasteiger partial charge on any atom is -0.469 e. The van der Waals surface area contributed by atoms with Crippen LogP contribution in [0.15, 0.2) is 41.0 Å². The van der Waals surface area contributed by atoms with E-state index in [-0.39, 0.29) is 0 Å². The van der Waals surface area contributed by atoms with E-state index in [9.17, 15) is 0 Å². The largest absolute Gasteiger partial charge is 0.469 e. The Morgan fingerprint density at radius 3 is 2.95 bits per heavy atom. The van der Waals surface area contributed by atoms with E-state index in [4.69, 9.17) is 4.42 Å². The van der Waals surface area contributed by atoms with E-state index < -0.39 is 0 Å². The monoisotopic (exact) mass is 282 g/mol. The first-order valence-electron chi connectivity index (χ1n) is 8.02. The van der Waals surface area contributed by atoms with Gasteiger partial charge in [0.2, 0.25) is 0 Å². The van der Waals surface area contributed by atoms with Crippen molar-refractivity contribution in [2.75, 3.05) is 6.54 Å². The van der Waals surface area contributed by atoms with Gasteiger partial charge in [-0.15, -0.1) is 0 Å². The van der Waals surface area contributed by atoms with E-state index in [1.54, 1.807) is 0 Å². The molecule has 110 valence electrons. The molecule has 0 saturated heterocycles. The van der Waals surface area contributed by atoms with Gasteiger partial charge >= 0.3 is 0 Å². The van der Waals surface area contributed by atoms with Crippen molar-refractivity contribution in [1.29, 1.82) is 0 Å². The minimum absolute atomic E-state index is 0.432. The first-order chi connectivity index (χ1) is 10.4. The van der Waals surface area contributed by atoms with Crippen LogP contribution in [0.25, 0.3) is 0 Å². The number of nitrogens with one attached hydrogen (secondary N) is 2. The molecule has 21 heavy (non-hydrogen) atoms. The van der Waals surface area contributed by atoms with Crippen LogP contribution in [0.5, 0.6) is 0 Å². The molecule has 0 bridgehead atoms. The van der Waals surface area contributed by atoms with Gasteiger partial charge in [-0.3, -0.25) is 0 Å². The Hall–Kier alpha value is -1.58. The second-order valence-corrected chi connectivity index (χ2v) is 6.13. The van der Waals surface area contributed by atoms with Crippen LogP contribution in [0.2, 0.25) is 0 Å². The van der Waals surface area contributed by atoms with Gasteiger partial charge < -0.3 is 15.1 Å². The molecule has 2 aliphatic rings. The Labute approximate surface area is 125 Å². The molecular formula is C18H22N2O. The molecular weight excluding hydrogens is 260 g/mol. The highest BCUT2D eigenvalue weighted by Crippen LogP contribution is 2.34. The molecule has 0 saturated carbocycles. The highest BCUT2D eigenvalue weighted by atomic mass is 16.3. The second kappa shape index (κ2) is 5.66. The molecule has 1 aliphatic heterocycles. The number of rotatable bonds is 2. The first kappa shape index (κ1) is 13.1. The average Bonchev–Trinajstić information content (AvgIpc) is 2.91. The van der Waals surface area contributed by atoms with Crippen molar-refractivity contribution in [3.05, 3.63) is 59.0 Å². The normalized spacial score (nSPS) is 25.0. The molecule has 2 aromatic rings. The van der Waals surface area contributed by atoms with Crippen molar-refractivity contribution in [3.63, 3.8) is 0 Å². The summed E-state index contributed by atoms with van der Waals surface area (Å²) in [5.41, 5.74) is 4.25. The lowest BCUT2D eigenvalue weighted by Crippen LogP contribution is -2.29. The molecule has 2 N–H and O–H groups in total. The van der Waals surface area contributed by atoms with Gasteiger partial charge in [-0.1, -0.05) is 24.3 Å². The standard InChI is InChI=1S/C18H22N2O/c1-2-5-14-13(4-1)12-19-10-8-17(14)20-16-6-3-7-18-15(16)9-11-21-18/h1-2,4-5,9,11,16-17,19-20H,3,6-8,10,12H2. The quantitative estimate of drug-likeness (QED) is 0.885. The van der Waals surface area contributed by atoms with Crippen molar-refractivity contribution in [1.82, 2.24) is 10.6 Å². The number of furan rings is 1. The third kappa shape index (κ3) is 2.52. The van der Waals surface area contributed by atoms with Gasteiger partial charge in [0, 0.05) is 30.6 Å². The molecule has 0 spiro atoms. The summed E-state index contributed by atoms with van der Waals surface area (Å²) in [6.45, 7) is 2.05. The molecule has 1 aliphatic carbocycles. The summed E-state index contributed by atoms with van der Waals surface area (Å²) in [5.74, 6) is 1.18. The third-order valence-electron chi connectivity index (χ3n) is 4.81. The maximum Gasteiger partial charge on any atom is 0.108 e. The minimum atomic E-state index is 0.432. The molecule has 2 heterocycles. The molecule has 0 radical (unpaired) electrons. The highest BCUT2D eigenvalue weighted by Gasteiger charge is 2.26. The van der Waals surface area contributed by atoms with Gasteiger partial charge in [0.15, 0.2) is 0 Å². The molecule has 2 unspecified atom stereocenters. The molecule has 3 nitrogen and oxygen atoms in total. The lowest BCUT2D eigenvalue weighted by atomic mass is 9.91. The van der Waals surface area contributed by atoms with Crippen molar-refractivity contribution >= 4 is 0 Å². The Morgan fingerprint density at radius 1 is 1.05 bits per heavy atom. The van der Waals surface area contributed by atoms with Crippen LogP contribution in [0, 0.1) is 0 Å². The van der Waals surface area contributed by atoms with E-state index in [0.717, 1.165) is 25.9 Å². The summed E-state index contributed by atoms with van der Waals surface area (Å²) in [5, 5.41) is 7.42. The maximum atomic E-state index is 5.62. The summed E-state index contributed by atoms with van der Waals surface area (Å²) in [6.07, 6.45) is 6.49. The Kier molecular flexibility index (Phi) is 3.53. The fourth-order valence-electron chi connectivity index (χ4n) is 3.74. The highest BCUT2D eigenvalue weighted by molar-refractivity contribution is 5.32. The smallest absolute Gasteiger partial charge is 0.108 e. The Morgan fingerprint density at radius 2 is 1.95 bits per heavy atom.